The Labute approximate surface area is 146 Å². The second kappa shape index (κ2) is 7.01. The van der Waals surface area contributed by atoms with E-state index in [1.807, 2.05) is 24.3 Å². The van der Waals surface area contributed by atoms with Crippen LogP contribution < -0.4 is 5.32 Å². The summed E-state index contributed by atoms with van der Waals surface area (Å²) >= 11 is 1.69. The Hall–Kier alpha value is -1.76. The molecule has 1 saturated heterocycles. The lowest BCUT2D eigenvalue weighted by Gasteiger charge is -2.33. The Bertz CT molecular complexity index is 718. The summed E-state index contributed by atoms with van der Waals surface area (Å²) in [6, 6.07) is 7.77. The molecule has 1 amide bonds. The van der Waals surface area contributed by atoms with Gasteiger partial charge in [-0.15, -0.1) is 11.3 Å². The highest BCUT2D eigenvalue weighted by molar-refractivity contribution is 7.12. The number of hydrogen-bond acceptors (Lipinski definition) is 5. The highest BCUT2D eigenvalue weighted by Gasteiger charge is 2.38. The van der Waals surface area contributed by atoms with Crippen molar-refractivity contribution in [1.29, 1.82) is 0 Å². The lowest BCUT2D eigenvalue weighted by Crippen LogP contribution is -2.35. The van der Waals surface area contributed by atoms with Crippen LogP contribution in [0.3, 0.4) is 0 Å². The standard InChI is InChI=1S/C18H22N2O3S/c1-12-16(14-4-6-15(7-5-14)19-13(2)21)20-17(24-12)18(22-3)8-10-23-11-9-18/h4-7H,8-11H2,1-3H3,(H,19,21). The van der Waals surface area contributed by atoms with Crippen LogP contribution in [0, 0.1) is 6.92 Å². The van der Waals surface area contributed by atoms with E-state index in [4.69, 9.17) is 14.5 Å². The minimum absolute atomic E-state index is 0.0728. The zero-order chi connectivity index (χ0) is 17.2. The largest absolute Gasteiger partial charge is 0.381 e. The number of ether oxygens (including phenoxy) is 2. The quantitative estimate of drug-likeness (QED) is 0.916. The zero-order valence-electron chi connectivity index (χ0n) is 14.2. The van der Waals surface area contributed by atoms with Gasteiger partial charge in [0.2, 0.25) is 5.91 Å². The predicted octanol–water partition coefficient (Wildman–Crippen LogP) is 3.73. The number of rotatable bonds is 4. The van der Waals surface area contributed by atoms with Crippen molar-refractivity contribution in [2.75, 3.05) is 25.6 Å². The molecule has 6 heteroatoms. The van der Waals surface area contributed by atoms with Gasteiger partial charge in [-0.05, 0) is 19.1 Å². The van der Waals surface area contributed by atoms with E-state index in [-0.39, 0.29) is 11.5 Å². The number of carbonyl (C=O) groups excluding carboxylic acids is 1. The van der Waals surface area contributed by atoms with Gasteiger partial charge in [-0.25, -0.2) is 4.98 Å². The van der Waals surface area contributed by atoms with Gasteiger partial charge in [0.1, 0.15) is 10.6 Å². The van der Waals surface area contributed by atoms with Crippen LogP contribution in [-0.2, 0) is 19.9 Å². The molecule has 0 saturated carbocycles. The second-order valence-corrected chi connectivity index (χ2v) is 7.20. The molecule has 0 unspecified atom stereocenters. The van der Waals surface area contributed by atoms with Crippen molar-refractivity contribution in [3.8, 4) is 11.3 Å². The molecule has 24 heavy (non-hydrogen) atoms. The molecule has 0 radical (unpaired) electrons. The van der Waals surface area contributed by atoms with Crippen molar-refractivity contribution in [3.05, 3.63) is 34.2 Å². The maximum atomic E-state index is 11.1. The lowest BCUT2D eigenvalue weighted by atomic mass is 9.95. The first-order valence-electron chi connectivity index (χ1n) is 8.03. The predicted molar refractivity (Wildman–Crippen MR) is 95.3 cm³/mol. The second-order valence-electron chi connectivity index (χ2n) is 5.99. The van der Waals surface area contributed by atoms with E-state index >= 15 is 0 Å². The Kier molecular flexibility index (Phi) is 4.99. The number of methoxy groups -OCH3 is 1. The average Bonchev–Trinajstić information content (AvgIpc) is 2.98. The molecule has 2 aromatic rings. The number of anilines is 1. The molecule has 3 rings (SSSR count). The van der Waals surface area contributed by atoms with Crippen molar-refractivity contribution >= 4 is 22.9 Å². The first kappa shape index (κ1) is 17.1. The molecule has 2 heterocycles. The van der Waals surface area contributed by atoms with E-state index in [0.717, 1.165) is 34.8 Å². The number of carbonyl (C=O) groups is 1. The van der Waals surface area contributed by atoms with E-state index in [1.54, 1.807) is 18.4 Å². The van der Waals surface area contributed by atoms with Crippen LogP contribution >= 0.6 is 11.3 Å². The van der Waals surface area contributed by atoms with Gasteiger partial charge in [0.05, 0.1) is 5.69 Å². The lowest BCUT2D eigenvalue weighted by molar-refractivity contribution is -0.114. The fourth-order valence-electron chi connectivity index (χ4n) is 2.98. The third-order valence-electron chi connectivity index (χ3n) is 4.36. The monoisotopic (exact) mass is 346 g/mol. The third kappa shape index (κ3) is 3.36. The molecule has 0 aliphatic carbocycles. The van der Waals surface area contributed by atoms with Crippen molar-refractivity contribution in [2.45, 2.75) is 32.3 Å². The van der Waals surface area contributed by atoms with Gasteiger partial charge in [0.15, 0.2) is 0 Å². The summed E-state index contributed by atoms with van der Waals surface area (Å²) in [5.74, 6) is -0.0728. The van der Waals surface area contributed by atoms with Crippen molar-refractivity contribution < 1.29 is 14.3 Å². The number of benzene rings is 1. The van der Waals surface area contributed by atoms with Gasteiger partial charge >= 0.3 is 0 Å². The van der Waals surface area contributed by atoms with Crippen LogP contribution in [0.25, 0.3) is 11.3 Å². The van der Waals surface area contributed by atoms with E-state index in [2.05, 4.69) is 12.2 Å². The van der Waals surface area contributed by atoms with Crippen LogP contribution in [0.5, 0.6) is 0 Å². The minimum atomic E-state index is -0.331. The van der Waals surface area contributed by atoms with Crippen LogP contribution in [0.15, 0.2) is 24.3 Å². The maximum absolute atomic E-state index is 11.1. The van der Waals surface area contributed by atoms with E-state index in [9.17, 15) is 4.79 Å². The molecule has 1 N–H and O–H groups in total. The SMILES string of the molecule is COC1(c2nc(-c3ccc(NC(C)=O)cc3)c(C)s2)CCOCC1. The number of nitrogens with one attached hydrogen (secondary N) is 1. The summed E-state index contributed by atoms with van der Waals surface area (Å²) in [6.07, 6.45) is 1.66. The molecule has 1 aromatic carbocycles. The van der Waals surface area contributed by atoms with Crippen molar-refractivity contribution in [2.24, 2.45) is 0 Å². The molecule has 0 bridgehead atoms. The number of aromatic nitrogens is 1. The van der Waals surface area contributed by atoms with Gasteiger partial charge < -0.3 is 14.8 Å². The van der Waals surface area contributed by atoms with E-state index < -0.39 is 0 Å². The third-order valence-corrected chi connectivity index (χ3v) is 5.51. The minimum Gasteiger partial charge on any atom is -0.381 e. The molecule has 1 aromatic heterocycles. The molecule has 0 spiro atoms. The molecule has 1 aliphatic heterocycles. The summed E-state index contributed by atoms with van der Waals surface area (Å²) in [6.45, 7) is 4.99. The summed E-state index contributed by atoms with van der Waals surface area (Å²) in [5, 5.41) is 3.80. The smallest absolute Gasteiger partial charge is 0.221 e. The van der Waals surface area contributed by atoms with Crippen LogP contribution in [-0.4, -0.2) is 31.2 Å². The van der Waals surface area contributed by atoms with Crippen molar-refractivity contribution in [3.63, 3.8) is 0 Å². The Balaban J connectivity index is 1.89. The fraction of sp³-hybridized carbons (Fsp3) is 0.444. The van der Waals surface area contributed by atoms with Gasteiger partial charge in [0, 0.05) is 56.2 Å². The molecule has 128 valence electrons. The Morgan fingerprint density at radius 1 is 1.29 bits per heavy atom. The molecular weight excluding hydrogens is 324 g/mol. The van der Waals surface area contributed by atoms with Gasteiger partial charge in [-0.2, -0.15) is 0 Å². The highest BCUT2D eigenvalue weighted by atomic mass is 32.1. The van der Waals surface area contributed by atoms with E-state index in [0.29, 0.717) is 13.2 Å². The van der Waals surface area contributed by atoms with Crippen LogP contribution in [0.2, 0.25) is 0 Å². The van der Waals surface area contributed by atoms with Gasteiger partial charge in [-0.1, -0.05) is 12.1 Å². The van der Waals surface area contributed by atoms with Crippen molar-refractivity contribution in [1.82, 2.24) is 4.98 Å². The number of amides is 1. The number of nitrogens with zero attached hydrogens (tertiary/aromatic N) is 1. The zero-order valence-corrected chi connectivity index (χ0v) is 15.0. The average molecular weight is 346 g/mol. The molecular formula is C18H22N2O3S. The molecule has 1 aliphatic rings. The topological polar surface area (TPSA) is 60.5 Å². The summed E-state index contributed by atoms with van der Waals surface area (Å²) in [4.78, 5) is 17.2. The van der Waals surface area contributed by atoms with Crippen LogP contribution in [0.4, 0.5) is 5.69 Å². The number of hydrogen-bond donors (Lipinski definition) is 1. The van der Waals surface area contributed by atoms with Gasteiger partial charge in [-0.3, -0.25) is 4.79 Å². The number of aryl methyl sites for hydroxylation is 1. The Morgan fingerprint density at radius 2 is 1.96 bits per heavy atom. The molecule has 0 atom stereocenters. The number of thiazole rings is 1. The van der Waals surface area contributed by atoms with E-state index in [1.165, 1.54) is 11.8 Å². The highest BCUT2D eigenvalue weighted by Crippen LogP contribution is 2.40. The first-order chi connectivity index (χ1) is 11.5. The first-order valence-corrected chi connectivity index (χ1v) is 8.84. The fourth-order valence-corrected chi connectivity index (χ4v) is 4.14. The molecule has 1 fully saturated rings. The summed E-state index contributed by atoms with van der Waals surface area (Å²) in [7, 11) is 1.75. The normalized spacial score (nSPS) is 16.8. The molecule has 5 nitrogen and oxygen atoms in total. The maximum Gasteiger partial charge on any atom is 0.221 e. The summed E-state index contributed by atoms with van der Waals surface area (Å²) in [5.41, 5.74) is 2.48. The summed E-state index contributed by atoms with van der Waals surface area (Å²) < 4.78 is 11.3. The Morgan fingerprint density at radius 3 is 2.54 bits per heavy atom. The van der Waals surface area contributed by atoms with Gasteiger partial charge in [0.25, 0.3) is 0 Å². The van der Waals surface area contributed by atoms with Crippen LogP contribution in [0.1, 0.15) is 29.7 Å².